The lowest BCUT2D eigenvalue weighted by molar-refractivity contribution is 0.0697. The molecular formula is C15H8Cl2N2O3. The zero-order chi connectivity index (χ0) is 15.7. The van der Waals surface area contributed by atoms with Gasteiger partial charge in [-0.05, 0) is 24.3 Å². The standard InChI is InChI=1S/C15H8Cl2N2O3/c16-11-7-3-6-10(12(11)17)13-18-14(22-19-13)8-4-1-2-5-9(8)15(20)21/h1-7H,(H,20,21). The minimum absolute atomic E-state index is 0.0786. The molecule has 0 unspecified atom stereocenters. The van der Waals surface area contributed by atoms with Crippen LogP contribution in [0.15, 0.2) is 47.0 Å². The van der Waals surface area contributed by atoms with Crippen molar-refractivity contribution in [1.29, 1.82) is 0 Å². The number of aromatic nitrogens is 2. The Balaban J connectivity index is 2.09. The number of benzene rings is 2. The molecule has 3 aromatic rings. The Morgan fingerprint density at radius 2 is 1.77 bits per heavy atom. The number of rotatable bonds is 3. The predicted molar refractivity (Wildman–Crippen MR) is 82.1 cm³/mol. The van der Waals surface area contributed by atoms with Crippen molar-refractivity contribution in [3.05, 3.63) is 58.1 Å². The molecular weight excluding hydrogens is 327 g/mol. The molecule has 0 fully saturated rings. The molecule has 110 valence electrons. The Kier molecular flexibility index (Phi) is 3.83. The average molecular weight is 335 g/mol. The molecule has 0 bridgehead atoms. The van der Waals surface area contributed by atoms with Crippen LogP contribution in [-0.2, 0) is 0 Å². The van der Waals surface area contributed by atoms with E-state index < -0.39 is 5.97 Å². The Morgan fingerprint density at radius 1 is 1.05 bits per heavy atom. The third-order valence-electron chi connectivity index (χ3n) is 3.01. The molecule has 1 N–H and O–H groups in total. The van der Waals surface area contributed by atoms with E-state index in [4.69, 9.17) is 27.7 Å². The molecule has 3 rings (SSSR count). The molecule has 1 heterocycles. The van der Waals surface area contributed by atoms with Crippen molar-refractivity contribution in [1.82, 2.24) is 10.1 Å². The van der Waals surface area contributed by atoms with Gasteiger partial charge < -0.3 is 9.63 Å². The Labute approximate surface area is 135 Å². The van der Waals surface area contributed by atoms with E-state index in [2.05, 4.69) is 10.1 Å². The Morgan fingerprint density at radius 3 is 2.55 bits per heavy atom. The predicted octanol–water partition coefficient (Wildman–Crippen LogP) is 4.41. The van der Waals surface area contributed by atoms with E-state index in [9.17, 15) is 9.90 Å². The van der Waals surface area contributed by atoms with Gasteiger partial charge in [0.05, 0.1) is 21.2 Å². The van der Waals surface area contributed by atoms with Crippen LogP contribution < -0.4 is 0 Å². The second-order valence-electron chi connectivity index (χ2n) is 4.38. The summed E-state index contributed by atoms with van der Waals surface area (Å²) in [6, 6.07) is 11.4. The molecule has 0 saturated carbocycles. The fourth-order valence-electron chi connectivity index (χ4n) is 1.97. The lowest BCUT2D eigenvalue weighted by atomic mass is 10.1. The fraction of sp³-hybridized carbons (Fsp3) is 0. The van der Waals surface area contributed by atoms with E-state index in [0.29, 0.717) is 21.2 Å². The van der Waals surface area contributed by atoms with E-state index in [1.165, 1.54) is 6.07 Å². The largest absolute Gasteiger partial charge is 0.478 e. The van der Waals surface area contributed by atoms with Crippen molar-refractivity contribution in [2.45, 2.75) is 0 Å². The van der Waals surface area contributed by atoms with Crippen molar-refractivity contribution in [3.63, 3.8) is 0 Å². The van der Waals surface area contributed by atoms with Crippen LogP contribution in [0.3, 0.4) is 0 Å². The summed E-state index contributed by atoms with van der Waals surface area (Å²) in [5.74, 6) is -0.733. The Hall–Kier alpha value is -2.37. The van der Waals surface area contributed by atoms with E-state index in [-0.39, 0.29) is 17.3 Å². The summed E-state index contributed by atoms with van der Waals surface area (Å²) < 4.78 is 5.16. The molecule has 0 atom stereocenters. The summed E-state index contributed by atoms with van der Waals surface area (Å²) in [6.07, 6.45) is 0. The molecule has 1 aromatic heterocycles. The van der Waals surface area contributed by atoms with Crippen LogP contribution in [0.5, 0.6) is 0 Å². The Bertz CT molecular complexity index is 861. The third kappa shape index (κ3) is 2.56. The molecule has 0 spiro atoms. The normalized spacial score (nSPS) is 10.6. The van der Waals surface area contributed by atoms with E-state index in [1.807, 2.05) is 0 Å². The first-order valence-electron chi connectivity index (χ1n) is 6.18. The van der Waals surface area contributed by atoms with Gasteiger partial charge in [0.15, 0.2) is 0 Å². The highest BCUT2D eigenvalue weighted by Crippen LogP contribution is 2.33. The van der Waals surface area contributed by atoms with E-state index in [0.717, 1.165) is 0 Å². The number of carbonyl (C=O) groups is 1. The molecule has 0 saturated heterocycles. The topological polar surface area (TPSA) is 76.2 Å². The number of hydrogen-bond donors (Lipinski definition) is 1. The summed E-state index contributed by atoms with van der Waals surface area (Å²) in [7, 11) is 0. The summed E-state index contributed by atoms with van der Waals surface area (Å²) in [5.41, 5.74) is 0.929. The molecule has 0 aliphatic heterocycles. The highest BCUT2D eigenvalue weighted by Gasteiger charge is 2.18. The molecule has 0 amide bonds. The van der Waals surface area contributed by atoms with Gasteiger partial charge in [0.25, 0.3) is 5.89 Å². The maximum absolute atomic E-state index is 11.2. The summed E-state index contributed by atoms with van der Waals surface area (Å²) in [5, 5.41) is 13.7. The van der Waals surface area contributed by atoms with Crippen LogP contribution in [0.2, 0.25) is 10.0 Å². The smallest absolute Gasteiger partial charge is 0.336 e. The first kappa shape index (κ1) is 14.6. The highest BCUT2D eigenvalue weighted by molar-refractivity contribution is 6.43. The lowest BCUT2D eigenvalue weighted by Gasteiger charge is -2.00. The van der Waals surface area contributed by atoms with Gasteiger partial charge >= 0.3 is 5.97 Å². The molecule has 5 nitrogen and oxygen atoms in total. The zero-order valence-corrected chi connectivity index (χ0v) is 12.5. The number of aromatic carboxylic acids is 1. The third-order valence-corrected chi connectivity index (χ3v) is 3.83. The van der Waals surface area contributed by atoms with Crippen LogP contribution in [0.25, 0.3) is 22.8 Å². The van der Waals surface area contributed by atoms with Crippen molar-refractivity contribution in [2.75, 3.05) is 0 Å². The number of carboxylic acids is 1. The zero-order valence-electron chi connectivity index (χ0n) is 11.0. The number of carboxylic acid groups (broad SMARTS) is 1. The van der Waals surface area contributed by atoms with Gasteiger partial charge in [-0.2, -0.15) is 4.98 Å². The minimum Gasteiger partial charge on any atom is -0.478 e. The maximum atomic E-state index is 11.2. The van der Waals surface area contributed by atoms with Crippen molar-refractivity contribution < 1.29 is 14.4 Å². The SMILES string of the molecule is O=C(O)c1ccccc1-c1nc(-c2cccc(Cl)c2Cl)no1. The second-order valence-corrected chi connectivity index (χ2v) is 5.16. The van der Waals surface area contributed by atoms with Gasteiger partial charge in [0.2, 0.25) is 5.82 Å². The second kappa shape index (κ2) is 5.79. The van der Waals surface area contributed by atoms with E-state index >= 15 is 0 Å². The van der Waals surface area contributed by atoms with Gasteiger partial charge in [0.1, 0.15) is 0 Å². The van der Waals surface area contributed by atoms with Crippen LogP contribution in [0.4, 0.5) is 0 Å². The number of hydrogen-bond acceptors (Lipinski definition) is 4. The first-order valence-corrected chi connectivity index (χ1v) is 6.94. The van der Waals surface area contributed by atoms with E-state index in [1.54, 1.807) is 36.4 Å². The molecule has 0 radical (unpaired) electrons. The van der Waals surface area contributed by atoms with Crippen LogP contribution in [0.1, 0.15) is 10.4 Å². The van der Waals surface area contributed by atoms with Crippen molar-refractivity contribution in [3.8, 4) is 22.8 Å². The summed E-state index contributed by atoms with van der Waals surface area (Å²) in [6.45, 7) is 0. The van der Waals surface area contributed by atoms with Gasteiger partial charge in [-0.3, -0.25) is 0 Å². The summed E-state index contributed by atoms with van der Waals surface area (Å²) >= 11 is 12.1. The number of halogens is 2. The average Bonchev–Trinajstić information content (AvgIpc) is 2.99. The van der Waals surface area contributed by atoms with Gasteiger partial charge in [-0.1, -0.05) is 46.6 Å². The van der Waals surface area contributed by atoms with Gasteiger partial charge in [0, 0.05) is 5.56 Å². The molecule has 0 aliphatic carbocycles. The van der Waals surface area contributed by atoms with Crippen LogP contribution in [0, 0.1) is 0 Å². The first-order chi connectivity index (χ1) is 10.6. The quantitative estimate of drug-likeness (QED) is 0.767. The number of nitrogens with zero attached hydrogens (tertiary/aromatic N) is 2. The fourth-order valence-corrected chi connectivity index (χ4v) is 2.36. The highest BCUT2D eigenvalue weighted by atomic mass is 35.5. The molecule has 22 heavy (non-hydrogen) atoms. The van der Waals surface area contributed by atoms with Gasteiger partial charge in [-0.15, -0.1) is 0 Å². The monoisotopic (exact) mass is 334 g/mol. The van der Waals surface area contributed by atoms with Crippen LogP contribution >= 0.6 is 23.2 Å². The lowest BCUT2D eigenvalue weighted by Crippen LogP contribution is -1.99. The van der Waals surface area contributed by atoms with Crippen molar-refractivity contribution in [2.24, 2.45) is 0 Å². The summed E-state index contributed by atoms with van der Waals surface area (Å²) in [4.78, 5) is 15.5. The molecule has 7 heteroatoms. The van der Waals surface area contributed by atoms with Gasteiger partial charge in [-0.25, -0.2) is 4.79 Å². The van der Waals surface area contributed by atoms with Crippen LogP contribution in [-0.4, -0.2) is 21.2 Å². The molecule has 2 aromatic carbocycles. The maximum Gasteiger partial charge on any atom is 0.336 e. The van der Waals surface area contributed by atoms with Crippen molar-refractivity contribution >= 4 is 29.2 Å². The minimum atomic E-state index is -1.07. The molecule has 0 aliphatic rings.